The Morgan fingerprint density at radius 1 is 1.09 bits per heavy atom. The summed E-state index contributed by atoms with van der Waals surface area (Å²) in [6.45, 7) is 0. The van der Waals surface area contributed by atoms with E-state index in [1.807, 2.05) is 0 Å². The van der Waals surface area contributed by atoms with Gasteiger partial charge in [-0.3, -0.25) is 4.79 Å². The molecule has 8 heteroatoms. The molecular weight excluding hydrogens is 407 g/mol. The Labute approximate surface area is 150 Å². The third-order valence-corrected chi connectivity index (χ3v) is 3.90. The monoisotopic (exact) mass is 413 g/mol. The number of aliphatic carboxylic acids is 1. The molecule has 0 bridgehead atoms. The topological polar surface area (TPSA) is 81.9 Å². The predicted octanol–water partition coefficient (Wildman–Crippen LogP) is 3.78. The molecule has 0 heterocycles. The van der Waals surface area contributed by atoms with Crippen molar-refractivity contribution in [3.63, 3.8) is 0 Å². The standard InChI is InChI=1S/C15H9BrCl2N2O3/c16-14(15(22)23)20-19-12-6-5-8(17)7-10(12)13(21)9-3-1-2-4-11(9)18/h1-7,14H,(H,22,23)/p-1. The maximum absolute atomic E-state index is 12.6. The number of alkyl halides is 1. The van der Waals surface area contributed by atoms with Gasteiger partial charge in [-0.25, -0.2) is 0 Å². The number of benzene rings is 2. The third kappa shape index (κ3) is 4.37. The summed E-state index contributed by atoms with van der Waals surface area (Å²) >= 11 is 14.7. The first kappa shape index (κ1) is 17.6. The number of ketones is 1. The number of hydrogen-bond donors (Lipinski definition) is 0. The molecule has 0 aliphatic carbocycles. The zero-order chi connectivity index (χ0) is 17.0. The van der Waals surface area contributed by atoms with Crippen LogP contribution < -0.4 is 5.11 Å². The van der Waals surface area contributed by atoms with Crippen molar-refractivity contribution in [2.45, 2.75) is 4.95 Å². The van der Waals surface area contributed by atoms with E-state index in [2.05, 4.69) is 26.2 Å². The van der Waals surface area contributed by atoms with Crippen LogP contribution in [0.1, 0.15) is 15.9 Å². The van der Waals surface area contributed by atoms with Gasteiger partial charge in [-0.15, -0.1) is 0 Å². The summed E-state index contributed by atoms with van der Waals surface area (Å²) in [7, 11) is 0. The van der Waals surface area contributed by atoms with Crippen molar-refractivity contribution in [2.75, 3.05) is 0 Å². The zero-order valence-corrected chi connectivity index (χ0v) is 14.5. The van der Waals surface area contributed by atoms with Crippen molar-refractivity contribution in [1.29, 1.82) is 0 Å². The fourth-order valence-electron chi connectivity index (χ4n) is 1.73. The highest BCUT2D eigenvalue weighted by Gasteiger charge is 2.17. The Kier molecular flexibility index (Phi) is 5.87. The molecule has 0 amide bonds. The number of carbonyl (C=O) groups is 2. The van der Waals surface area contributed by atoms with Crippen LogP contribution >= 0.6 is 39.1 Å². The highest BCUT2D eigenvalue weighted by Crippen LogP contribution is 2.28. The number of hydrogen-bond acceptors (Lipinski definition) is 5. The summed E-state index contributed by atoms with van der Waals surface area (Å²) < 4.78 is 0. The molecule has 0 spiro atoms. The fraction of sp³-hybridized carbons (Fsp3) is 0.0667. The minimum atomic E-state index is -1.44. The molecule has 2 aromatic carbocycles. The van der Waals surface area contributed by atoms with Gasteiger partial charge >= 0.3 is 0 Å². The number of carboxylic acids is 1. The third-order valence-electron chi connectivity index (χ3n) is 2.78. The molecule has 0 aliphatic rings. The summed E-state index contributed by atoms with van der Waals surface area (Å²) in [5.41, 5.74) is 0.612. The van der Waals surface area contributed by atoms with Gasteiger partial charge in [-0.2, -0.15) is 10.2 Å². The fourth-order valence-corrected chi connectivity index (χ4v) is 2.21. The number of azo groups is 1. The molecule has 0 saturated carbocycles. The second kappa shape index (κ2) is 7.68. The molecule has 118 valence electrons. The Morgan fingerprint density at radius 2 is 1.78 bits per heavy atom. The lowest BCUT2D eigenvalue weighted by Gasteiger charge is -2.08. The number of carboxylic acid groups (broad SMARTS) is 1. The van der Waals surface area contributed by atoms with Crippen LogP contribution in [0.25, 0.3) is 0 Å². The average molecular weight is 415 g/mol. The van der Waals surface area contributed by atoms with E-state index in [9.17, 15) is 14.7 Å². The first-order valence-electron chi connectivity index (χ1n) is 6.24. The molecule has 5 nitrogen and oxygen atoms in total. The second-order valence-corrected chi connectivity index (χ2v) is 6.05. The first-order valence-corrected chi connectivity index (χ1v) is 7.92. The van der Waals surface area contributed by atoms with Crippen molar-refractivity contribution >= 4 is 56.6 Å². The van der Waals surface area contributed by atoms with Crippen LogP contribution in [0.4, 0.5) is 5.69 Å². The van der Waals surface area contributed by atoms with Gasteiger partial charge < -0.3 is 9.90 Å². The van der Waals surface area contributed by atoms with Gasteiger partial charge in [0.2, 0.25) is 0 Å². The van der Waals surface area contributed by atoms with E-state index in [0.717, 1.165) is 0 Å². The van der Waals surface area contributed by atoms with E-state index < -0.39 is 16.7 Å². The van der Waals surface area contributed by atoms with E-state index in [-0.39, 0.29) is 21.8 Å². The van der Waals surface area contributed by atoms with E-state index in [1.165, 1.54) is 18.2 Å². The molecule has 0 radical (unpaired) electrons. The van der Waals surface area contributed by atoms with E-state index in [0.29, 0.717) is 5.02 Å². The minimum absolute atomic E-state index is 0.160. The highest BCUT2D eigenvalue weighted by molar-refractivity contribution is 9.10. The molecule has 2 aromatic rings. The largest absolute Gasteiger partial charge is 0.547 e. The smallest absolute Gasteiger partial charge is 0.196 e. The quantitative estimate of drug-likeness (QED) is 0.323. The lowest BCUT2D eigenvalue weighted by molar-refractivity contribution is -0.304. The van der Waals surface area contributed by atoms with Crippen molar-refractivity contribution in [1.82, 2.24) is 0 Å². The molecule has 2 rings (SSSR count). The van der Waals surface area contributed by atoms with Gasteiger partial charge in [0.25, 0.3) is 0 Å². The molecule has 23 heavy (non-hydrogen) atoms. The molecular formula is C15H8BrCl2N2O3-. The van der Waals surface area contributed by atoms with Gasteiger partial charge in [0.1, 0.15) is 0 Å². The molecule has 1 atom stereocenters. The number of nitrogens with zero attached hydrogens (tertiary/aromatic N) is 2. The van der Waals surface area contributed by atoms with E-state index in [1.54, 1.807) is 24.3 Å². The summed E-state index contributed by atoms with van der Waals surface area (Å²) in [5, 5.41) is 18.6. The maximum Gasteiger partial charge on any atom is 0.196 e. The van der Waals surface area contributed by atoms with Crippen LogP contribution in [0.5, 0.6) is 0 Å². The second-order valence-electron chi connectivity index (χ2n) is 4.34. The summed E-state index contributed by atoms with van der Waals surface area (Å²) in [6, 6.07) is 10.9. The number of rotatable bonds is 5. The molecule has 0 saturated heterocycles. The summed E-state index contributed by atoms with van der Waals surface area (Å²) in [4.78, 5) is 22.0. The molecule has 0 aliphatic heterocycles. The van der Waals surface area contributed by atoms with Crippen LogP contribution in [-0.4, -0.2) is 16.7 Å². The lowest BCUT2D eigenvalue weighted by Crippen LogP contribution is -2.30. The van der Waals surface area contributed by atoms with Crippen molar-refractivity contribution in [3.8, 4) is 0 Å². The normalized spacial score (nSPS) is 12.3. The Hall–Kier alpha value is -1.76. The predicted molar refractivity (Wildman–Crippen MR) is 88.6 cm³/mol. The van der Waals surface area contributed by atoms with Crippen molar-refractivity contribution in [2.24, 2.45) is 10.2 Å². The van der Waals surface area contributed by atoms with Crippen molar-refractivity contribution < 1.29 is 14.7 Å². The van der Waals surface area contributed by atoms with E-state index in [4.69, 9.17) is 23.2 Å². The SMILES string of the molecule is O=C(c1ccccc1Cl)c1cc(Cl)ccc1N=NC(Br)C(=O)[O-]. The van der Waals surface area contributed by atoms with Gasteiger partial charge in [0.15, 0.2) is 10.7 Å². The van der Waals surface area contributed by atoms with Crippen LogP contribution in [0, 0.1) is 0 Å². The number of halogens is 3. The molecule has 0 N–H and O–H groups in total. The van der Waals surface area contributed by atoms with Crippen LogP contribution in [-0.2, 0) is 4.79 Å². The first-order chi connectivity index (χ1) is 10.9. The van der Waals surface area contributed by atoms with Crippen LogP contribution in [0.3, 0.4) is 0 Å². The van der Waals surface area contributed by atoms with Gasteiger partial charge in [-0.05, 0) is 30.3 Å². The van der Waals surface area contributed by atoms with Crippen LogP contribution in [0.2, 0.25) is 10.0 Å². The highest BCUT2D eigenvalue weighted by atomic mass is 79.9. The Balaban J connectivity index is 2.46. The maximum atomic E-state index is 12.6. The lowest BCUT2D eigenvalue weighted by atomic mass is 10.0. The van der Waals surface area contributed by atoms with Gasteiger partial charge in [0.05, 0.1) is 22.2 Å². The summed E-state index contributed by atoms with van der Waals surface area (Å²) in [5.74, 6) is -1.84. The zero-order valence-electron chi connectivity index (χ0n) is 11.4. The summed E-state index contributed by atoms with van der Waals surface area (Å²) in [6.07, 6.45) is 0. The number of carbonyl (C=O) groups excluding carboxylic acids is 2. The van der Waals surface area contributed by atoms with Gasteiger partial charge in [-0.1, -0.05) is 51.3 Å². The van der Waals surface area contributed by atoms with Crippen molar-refractivity contribution in [3.05, 3.63) is 63.6 Å². The van der Waals surface area contributed by atoms with E-state index >= 15 is 0 Å². The molecule has 1 unspecified atom stereocenters. The molecule has 0 fully saturated rings. The Morgan fingerprint density at radius 3 is 2.43 bits per heavy atom. The average Bonchev–Trinajstić information content (AvgIpc) is 2.53. The van der Waals surface area contributed by atoms with Gasteiger partial charge in [0, 0.05) is 10.6 Å². The Bertz CT molecular complexity index is 796. The minimum Gasteiger partial charge on any atom is -0.547 e. The van der Waals surface area contributed by atoms with Crippen LogP contribution in [0.15, 0.2) is 52.7 Å². The molecule has 0 aromatic heterocycles.